The number of amides is 1. The fourth-order valence-electron chi connectivity index (χ4n) is 2.66. The summed E-state index contributed by atoms with van der Waals surface area (Å²) in [4.78, 5) is 17.1. The molecule has 3 rings (SSSR count). The first kappa shape index (κ1) is 18.6. The fraction of sp³-hybridized carbons (Fsp3) is 0.286. The number of carbonyl (C=O) groups excluding carboxylic acids is 1. The summed E-state index contributed by atoms with van der Waals surface area (Å²) in [6.45, 7) is 5.98. The molecule has 0 saturated heterocycles. The van der Waals surface area contributed by atoms with Crippen LogP contribution in [0.5, 0.6) is 5.75 Å². The zero-order chi connectivity index (χ0) is 19.4. The minimum atomic E-state index is -0.377. The zero-order valence-electron chi connectivity index (χ0n) is 15.9. The number of hydrogen-bond donors (Lipinski definition) is 1. The molecule has 1 amide bonds. The topological polar surface area (TPSA) is 77.3 Å². The van der Waals surface area contributed by atoms with Gasteiger partial charge in [0.05, 0.1) is 7.11 Å². The summed E-state index contributed by atoms with van der Waals surface area (Å²) in [5.74, 6) is 1.54. The maximum Gasteiger partial charge on any atom is 0.251 e. The summed E-state index contributed by atoms with van der Waals surface area (Å²) in [5, 5.41) is 7.05. The highest BCUT2D eigenvalue weighted by Gasteiger charge is 2.25. The molecule has 0 unspecified atom stereocenters. The molecule has 0 bridgehead atoms. The van der Waals surface area contributed by atoms with Gasteiger partial charge in [-0.15, -0.1) is 0 Å². The Hall–Kier alpha value is -3.15. The van der Waals surface area contributed by atoms with E-state index in [9.17, 15) is 4.79 Å². The predicted octanol–water partition coefficient (Wildman–Crippen LogP) is 4.18. The lowest BCUT2D eigenvalue weighted by molar-refractivity contribution is 0.0914. The number of rotatable bonds is 6. The first-order valence-corrected chi connectivity index (χ1v) is 8.83. The molecule has 2 aromatic carbocycles. The molecule has 1 atom stereocenters. The molecular weight excluding hydrogens is 342 g/mol. The highest BCUT2D eigenvalue weighted by molar-refractivity contribution is 5.94. The SMILES string of the molecule is COc1ccc(-c2noc([C@H](NC(=O)c3ccc(C)cc3)C(C)C)n2)cc1. The van der Waals surface area contributed by atoms with Crippen LogP contribution in [-0.4, -0.2) is 23.2 Å². The van der Waals surface area contributed by atoms with Gasteiger partial charge in [0.25, 0.3) is 5.91 Å². The molecule has 0 radical (unpaired) electrons. The number of methoxy groups -OCH3 is 1. The van der Waals surface area contributed by atoms with Crippen molar-refractivity contribution in [2.45, 2.75) is 26.8 Å². The molecule has 3 aromatic rings. The lowest BCUT2D eigenvalue weighted by Crippen LogP contribution is -2.32. The van der Waals surface area contributed by atoms with Crippen LogP contribution in [0.25, 0.3) is 11.4 Å². The van der Waals surface area contributed by atoms with Crippen LogP contribution in [0.15, 0.2) is 53.1 Å². The molecular formula is C21H23N3O3. The monoisotopic (exact) mass is 365 g/mol. The second kappa shape index (κ2) is 8.03. The average molecular weight is 365 g/mol. The summed E-state index contributed by atoms with van der Waals surface area (Å²) in [6, 6.07) is 14.5. The van der Waals surface area contributed by atoms with E-state index in [1.165, 1.54) is 0 Å². The van der Waals surface area contributed by atoms with Gasteiger partial charge >= 0.3 is 0 Å². The first-order chi connectivity index (χ1) is 13.0. The van der Waals surface area contributed by atoms with Gasteiger partial charge in [-0.3, -0.25) is 4.79 Å². The summed E-state index contributed by atoms with van der Waals surface area (Å²) in [6.07, 6.45) is 0. The standard InChI is InChI=1S/C21H23N3O3/c1-13(2)18(22-20(25)16-7-5-14(3)6-8-16)21-23-19(24-27-21)15-9-11-17(26-4)12-10-15/h5-13,18H,1-4H3,(H,22,25)/t18-/m1/s1. The number of aromatic nitrogens is 2. The molecule has 0 fully saturated rings. The van der Waals surface area contributed by atoms with Crippen molar-refractivity contribution >= 4 is 5.91 Å². The van der Waals surface area contributed by atoms with Crippen LogP contribution in [0.1, 0.15) is 41.7 Å². The van der Waals surface area contributed by atoms with E-state index < -0.39 is 0 Å². The van der Waals surface area contributed by atoms with Crippen molar-refractivity contribution in [3.63, 3.8) is 0 Å². The van der Waals surface area contributed by atoms with Gasteiger partial charge in [0, 0.05) is 11.1 Å². The number of aryl methyl sites for hydroxylation is 1. The van der Waals surface area contributed by atoms with Crippen molar-refractivity contribution in [2.75, 3.05) is 7.11 Å². The van der Waals surface area contributed by atoms with Crippen molar-refractivity contribution in [3.8, 4) is 17.1 Å². The molecule has 0 aliphatic rings. The van der Waals surface area contributed by atoms with E-state index in [4.69, 9.17) is 9.26 Å². The van der Waals surface area contributed by atoms with Crippen LogP contribution in [0.4, 0.5) is 0 Å². The van der Waals surface area contributed by atoms with Gasteiger partial charge in [-0.25, -0.2) is 0 Å². The van der Waals surface area contributed by atoms with E-state index in [1.54, 1.807) is 19.2 Å². The third kappa shape index (κ3) is 4.34. The smallest absolute Gasteiger partial charge is 0.251 e. The summed E-state index contributed by atoms with van der Waals surface area (Å²) in [7, 11) is 1.62. The Morgan fingerprint density at radius 3 is 2.33 bits per heavy atom. The third-order valence-electron chi connectivity index (χ3n) is 4.32. The molecule has 0 aliphatic heterocycles. The lowest BCUT2D eigenvalue weighted by atomic mass is 10.0. The Bertz CT molecular complexity index is 899. The van der Waals surface area contributed by atoms with Gasteiger partial charge in [0.1, 0.15) is 11.8 Å². The second-order valence-corrected chi connectivity index (χ2v) is 6.75. The minimum Gasteiger partial charge on any atom is -0.497 e. The van der Waals surface area contributed by atoms with Crippen molar-refractivity contribution < 1.29 is 14.1 Å². The second-order valence-electron chi connectivity index (χ2n) is 6.75. The van der Waals surface area contributed by atoms with Gasteiger partial charge in [0.15, 0.2) is 0 Å². The van der Waals surface area contributed by atoms with E-state index in [0.29, 0.717) is 17.3 Å². The Kier molecular flexibility index (Phi) is 5.54. The van der Waals surface area contributed by atoms with Gasteiger partial charge in [-0.1, -0.05) is 36.7 Å². The minimum absolute atomic E-state index is 0.0866. The molecule has 140 valence electrons. The molecule has 1 heterocycles. The van der Waals surface area contributed by atoms with Crippen LogP contribution in [0.3, 0.4) is 0 Å². The van der Waals surface area contributed by atoms with Crippen LogP contribution < -0.4 is 10.1 Å². The van der Waals surface area contributed by atoms with E-state index in [1.807, 2.05) is 57.2 Å². The van der Waals surface area contributed by atoms with Crippen molar-refractivity contribution in [3.05, 3.63) is 65.5 Å². The normalized spacial score (nSPS) is 12.0. The Labute approximate surface area is 158 Å². The average Bonchev–Trinajstić information content (AvgIpc) is 3.16. The maximum absolute atomic E-state index is 12.6. The van der Waals surface area contributed by atoms with E-state index in [2.05, 4.69) is 15.5 Å². The largest absolute Gasteiger partial charge is 0.497 e. The van der Waals surface area contributed by atoms with Gasteiger partial charge < -0.3 is 14.6 Å². The highest BCUT2D eigenvalue weighted by Crippen LogP contribution is 2.25. The van der Waals surface area contributed by atoms with Crippen LogP contribution in [-0.2, 0) is 0 Å². The molecule has 1 aromatic heterocycles. The number of ether oxygens (including phenoxy) is 1. The van der Waals surface area contributed by atoms with Gasteiger partial charge in [-0.05, 0) is 49.2 Å². The number of nitrogens with one attached hydrogen (secondary N) is 1. The molecule has 6 heteroatoms. The zero-order valence-corrected chi connectivity index (χ0v) is 15.9. The quantitative estimate of drug-likeness (QED) is 0.709. The van der Waals surface area contributed by atoms with Crippen LogP contribution in [0, 0.1) is 12.8 Å². The van der Waals surface area contributed by atoms with Crippen LogP contribution >= 0.6 is 0 Å². The molecule has 6 nitrogen and oxygen atoms in total. The van der Waals surface area contributed by atoms with Gasteiger partial charge in [0.2, 0.25) is 11.7 Å². The van der Waals surface area contributed by atoms with Crippen LogP contribution in [0.2, 0.25) is 0 Å². The summed E-state index contributed by atoms with van der Waals surface area (Å²) in [5.41, 5.74) is 2.52. The Morgan fingerprint density at radius 2 is 1.74 bits per heavy atom. The Morgan fingerprint density at radius 1 is 1.07 bits per heavy atom. The van der Waals surface area contributed by atoms with E-state index >= 15 is 0 Å². The fourth-order valence-corrected chi connectivity index (χ4v) is 2.66. The van der Waals surface area contributed by atoms with Crippen molar-refractivity contribution in [1.82, 2.24) is 15.5 Å². The number of nitrogens with zero attached hydrogens (tertiary/aromatic N) is 2. The number of carbonyl (C=O) groups is 1. The molecule has 27 heavy (non-hydrogen) atoms. The number of benzene rings is 2. The van der Waals surface area contributed by atoms with E-state index in [0.717, 1.165) is 16.9 Å². The lowest BCUT2D eigenvalue weighted by Gasteiger charge is -2.18. The van der Waals surface area contributed by atoms with Gasteiger partial charge in [-0.2, -0.15) is 4.98 Å². The Balaban J connectivity index is 1.79. The van der Waals surface area contributed by atoms with E-state index in [-0.39, 0.29) is 17.9 Å². The van der Waals surface area contributed by atoms with Crippen molar-refractivity contribution in [2.24, 2.45) is 5.92 Å². The summed E-state index contributed by atoms with van der Waals surface area (Å²) < 4.78 is 10.6. The van der Waals surface area contributed by atoms with Crippen molar-refractivity contribution in [1.29, 1.82) is 0 Å². The third-order valence-corrected chi connectivity index (χ3v) is 4.32. The predicted molar refractivity (Wildman–Crippen MR) is 103 cm³/mol. The number of hydrogen-bond acceptors (Lipinski definition) is 5. The maximum atomic E-state index is 12.6. The molecule has 0 saturated carbocycles. The molecule has 1 N–H and O–H groups in total. The summed E-state index contributed by atoms with van der Waals surface area (Å²) >= 11 is 0. The molecule has 0 spiro atoms. The highest BCUT2D eigenvalue weighted by atomic mass is 16.5. The molecule has 0 aliphatic carbocycles. The first-order valence-electron chi connectivity index (χ1n) is 8.83.